The Labute approximate surface area is 124 Å². The van der Waals surface area contributed by atoms with Crippen LogP contribution in [0, 0.1) is 11.3 Å². The van der Waals surface area contributed by atoms with E-state index in [1.807, 2.05) is 7.05 Å². The standard InChI is InChI=1S/C16H33N3O/c1-5-16(8-6-9-16)13-19-15(17-4)18-10-7-11-20-12-14(2)3/h14H,5-13H2,1-4H3,(H2,17,18,19). The molecule has 0 unspecified atom stereocenters. The highest BCUT2D eigenvalue weighted by atomic mass is 16.5. The minimum absolute atomic E-state index is 0.526. The van der Waals surface area contributed by atoms with Crippen molar-refractivity contribution >= 4 is 5.96 Å². The minimum Gasteiger partial charge on any atom is -0.381 e. The first kappa shape index (κ1) is 17.3. The number of aliphatic imine (C=N–C) groups is 1. The summed E-state index contributed by atoms with van der Waals surface area (Å²) in [6, 6.07) is 0. The summed E-state index contributed by atoms with van der Waals surface area (Å²) in [5.74, 6) is 1.54. The number of rotatable bonds is 9. The first-order chi connectivity index (χ1) is 9.62. The molecule has 0 saturated heterocycles. The zero-order valence-corrected chi connectivity index (χ0v) is 13.8. The van der Waals surface area contributed by atoms with E-state index in [0.717, 1.165) is 38.7 Å². The van der Waals surface area contributed by atoms with Crippen LogP contribution in [0.3, 0.4) is 0 Å². The number of nitrogens with one attached hydrogen (secondary N) is 2. The Kier molecular flexibility index (Phi) is 7.97. The molecule has 0 aliphatic heterocycles. The Hall–Kier alpha value is -0.770. The van der Waals surface area contributed by atoms with Gasteiger partial charge in [0.25, 0.3) is 0 Å². The van der Waals surface area contributed by atoms with E-state index >= 15 is 0 Å². The molecule has 0 aromatic rings. The van der Waals surface area contributed by atoms with E-state index in [1.54, 1.807) is 0 Å². The van der Waals surface area contributed by atoms with Gasteiger partial charge in [-0.1, -0.05) is 27.2 Å². The van der Waals surface area contributed by atoms with Crippen LogP contribution in [-0.4, -0.2) is 39.3 Å². The molecule has 1 rings (SSSR count). The predicted molar refractivity (Wildman–Crippen MR) is 86.2 cm³/mol. The number of nitrogens with zero attached hydrogens (tertiary/aromatic N) is 1. The maximum Gasteiger partial charge on any atom is 0.190 e. The molecular formula is C16H33N3O. The molecule has 4 heteroatoms. The number of guanidine groups is 1. The van der Waals surface area contributed by atoms with Gasteiger partial charge in [0.2, 0.25) is 0 Å². The van der Waals surface area contributed by atoms with Gasteiger partial charge in [-0.3, -0.25) is 4.99 Å². The zero-order chi connectivity index (χ0) is 14.8. The third-order valence-corrected chi connectivity index (χ3v) is 4.23. The van der Waals surface area contributed by atoms with Crippen molar-refractivity contribution in [2.75, 3.05) is 33.4 Å². The molecule has 1 aliphatic carbocycles. The van der Waals surface area contributed by atoms with Crippen molar-refractivity contribution in [3.05, 3.63) is 0 Å². The molecule has 118 valence electrons. The van der Waals surface area contributed by atoms with Crippen molar-refractivity contribution in [2.45, 2.75) is 52.9 Å². The lowest BCUT2D eigenvalue weighted by Gasteiger charge is -2.41. The summed E-state index contributed by atoms with van der Waals surface area (Å²) >= 11 is 0. The normalized spacial score (nSPS) is 17.9. The average Bonchev–Trinajstić information content (AvgIpc) is 2.39. The van der Waals surface area contributed by atoms with Crippen LogP contribution in [0.5, 0.6) is 0 Å². The highest BCUT2D eigenvalue weighted by Gasteiger charge is 2.34. The van der Waals surface area contributed by atoms with Crippen LogP contribution < -0.4 is 10.6 Å². The van der Waals surface area contributed by atoms with Crippen LogP contribution in [-0.2, 0) is 4.74 Å². The third kappa shape index (κ3) is 6.12. The van der Waals surface area contributed by atoms with Crippen molar-refractivity contribution in [2.24, 2.45) is 16.3 Å². The summed E-state index contributed by atoms with van der Waals surface area (Å²) < 4.78 is 5.57. The predicted octanol–water partition coefficient (Wildman–Crippen LogP) is 2.79. The van der Waals surface area contributed by atoms with E-state index in [2.05, 4.69) is 36.4 Å². The summed E-state index contributed by atoms with van der Waals surface area (Å²) in [6.07, 6.45) is 6.38. The van der Waals surface area contributed by atoms with E-state index in [4.69, 9.17) is 4.74 Å². The van der Waals surface area contributed by atoms with Crippen molar-refractivity contribution in [3.63, 3.8) is 0 Å². The zero-order valence-electron chi connectivity index (χ0n) is 13.8. The van der Waals surface area contributed by atoms with E-state index in [1.165, 1.54) is 25.7 Å². The quantitative estimate of drug-likeness (QED) is 0.388. The van der Waals surface area contributed by atoms with Crippen molar-refractivity contribution in [3.8, 4) is 0 Å². The lowest BCUT2D eigenvalue weighted by atomic mass is 9.67. The third-order valence-electron chi connectivity index (χ3n) is 4.23. The molecule has 0 bridgehead atoms. The van der Waals surface area contributed by atoms with Crippen molar-refractivity contribution in [1.82, 2.24) is 10.6 Å². The fourth-order valence-corrected chi connectivity index (χ4v) is 2.52. The summed E-state index contributed by atoms with van der Waals surface area (Å²) in [7, 11) is 1.84. The molecule has 0 aromatic heterocycles. The van der Waals surface area contributed by atoms with Crippen LogP contribution in [0.1, 0.15) is 52.9 Å². The first-order valence-electron chi connectivity index (χ1n) is 8.14. The van der Waals surface area contributed by atoms with Gasteiger partial charge in [0.05, 0.1) is 0 Å². The molecule has 1 fully saturated rings. The minimum atomic E-state index is 0.526. The van der Waals surface area contributed by atoms with Gasteiger partial charge in [-0.15, -0.1) is 0 Å². The van der Waals surface area contributed by atoms with Crippen LogP contribution in [0.4, 0.5) is 0 Å². The van der Waals surface area contributed by atoms with Gasteiger partial charge in [-0.2, -0.15) is 0 Å². The fraction of sp³-hybridized carbons (Fsp3) is 0.938. The summed E-state index contributed by atoms with van der Waals surface area (Å²) in [5, 5.41) is 6.83. The Morgan fingerprint density at radius 2 is 2.05 bits per heavy atom. The SMILES string of the molecule is CCC1(CNC(=NC)NCCCOCC(C)C)CCC1. The summed E-state index contributed by atoms with van der Waals surface area (Å²) in [6.45, 7) is 10.3. The summed E-state index contributed by atoms with van der Waals surface area (Å²) in [4.78, 5) is 4.28. The molecule has 1 saturated carbocycles. The van der Waals surface area contributed by atoms with E-state index in [0.29, 0.717) is 11.3 Å². The van der Waals surface area contributed by atoms with Gasteiger partial charge in [0, 0.05) is 33.4 Å². The lowest BCUT2D eigenvalue weighted by molar-refractivity contribution is 0.108. The van der Waals surface area contributed by atoms with E-state index < -0.39 is 0 Å². The highest BCUT2D eigenvalue weighted by Crippen LogP contribution is 2.42. The van der Waals surface area contributed by atoms with Gasteiger partial charge in [-0.05, 0) is 37.0 Å². The molecule has 1 aliphatic rings. The number of hydrogen-bond donors (Lipinski definition) is 2. The lowest BCUT2D eigenvalue weighted by Crippen LogP contribution is -2.46. The molecule has 0 radical (unpaired) electrons. The van der Waals surface area contributed by atoms with Crippen LogP contribution in [0.2, 0.25) is 0 Å². The van der Waals surface area contributed by atoms with E-state index in [-0.39, 0.29) is 0 Å². The Morgan fingerprint density at radius 1 is 1.30 bits per heavy atom. The van der Waals surface area contributed by atoms with Gasteiger partial charge in [0.15, 0.2) is 5.96 Å². The van der Waals surface area contributed by atoms with Gasteiger partial charge in [-0.25, -0.2) is 0 Å². The Morgan fingerprint density at radius 3 is 2.55 bits per heavy atom. The smallest absolute Gasteiger partial charge is 0.190 e. The molecule has 0 amide bonds. The Bertz CT molecular complexity index is 280. The van der Waals surface area contributed by atoms with Gasteiger partial charge >= 0.3 is 0 Å². The van der Waals surface area contributed by atoms with Gasteiger partial charge in [0.1, 0.15) is 0 Å². The Balaban J connectivity index is 2.08. The van der Waals surface area contributed by atoms with Crippen LogP contribution in [0.15, 0.2) is 4.99 Å². The van der Waals surface area contributed by atoms with Crippen molar-refractivity contribution in [1.29, 1.82) is 0 Å². The topological polar surface area (TPSA) is 45.7 Å². The fourth-order valence-electron chi connectivity index (χ4n) is 2.52. The molecule has 4 nitrogen and oxygen atoms in total. The molecule has 20 heavy (non-hydrogen) atoms. The van der Waals surface area contributed by atoms with E-state index in [9.17, 15) is 0 Å². The first-order valence-corrected chi connectivity index (χ1v) is 8.14. The second-order valence-corrected chi connectivity index (χ2v) is 6.38. The number of ether oxygens (including phenoxy) is 1. The average molecular weight is 283 g/mol. The van der Waals surface area contributed by atoms with Crippen molar-refractivity contribution < 1.29 is 4.74 Å². The highest BCUT2D eigenvalue weighted by molar-refractivity contribution is 5.79. The molecule has 0 heterocycles. The number of hydrogen-bond acceptors (Lipinski definition) is 2. The molecule has 2 N–H and O–H groups in total. The molecule has 0 atom stereocenters. The molecule has 0 spiro atoms. The maximum atomic E-state index is 5.57. The largest absolute Gasteiger partial charge is 0.381 e. The second-order valence-electron chi connectivity index (χ2n) is 6.38. The van der Waals surface area contributed by atoms with Gasteiger partial charge < -0.3 is 15.4 Å². The second kappa shape index (κ2) is 9.22. The van der Waals surface area contributed by atoms with Crippen LogP contribution in [0.25, 0.3) is 0 Å². The maximum absolute atomic E-state index is 5.57. The molecule has 0 aromatic carbocycles. The summed E-state index contributed by atoms with van der Waals surface area (Å²) in [5.41, 5.74) is 0.526. The monoisotopic (exact) mass is 283 g/mol. The molecular weight excluding hydrogens is 250 g/mol. The van der Waals surface area contributed by atoms with Crippen LogP contribution >= 0.6 is 0 Å².